The summed E-state index contributed by atoms with van der Waals surface area (Å²) in [7, 11) is 0. The fourth-order valence-corrected chi connectivity index (χ4v) is 2.77. The quantitative estimate of drug-likeness (QED) is 0.545. The molecule has 0 spiro atoms. The highest BCUT2D eigenvalue weighted by Gasteiger charge is 2.14. The maximum Gasteiger partial charge on any atom is 0.0111 e. The third-order valence-electron chi connectivity index (χ3n) is 3.18. The predicted molar refractivity (Wildman–Crippen MR) is 75.3 cm³/mol. The third-order valence-corrected chi connectivity index (χ3v) is 4.15. The van der Waals surface area contributed by atoms with Gasteiger partial charge in [-0.15, -0.1) is 6.58 Å². The summed E-state index contributed by atoms with van der Waals surface area (Å²) in [6.45, 7) is 10.9. The molecular weight excluding hydrogens is 216 g/mol. The summed E-state index contributed by atoms with van der Waals surface area (Å²) < 4.78 is 0. The first-order valence-electron chi connectivity index (χ1n) is 6.51. The first kappa shape index (κ1) is 14.1. The van der Waals surface area contributed by atoms with Crippen molar-refractivity contribution in [1.29, 1.82) is 0 Å². The minimum Gasteiger partial charge on any atom is -0.313 e. The molecule has 94 valence electrons. The molecule has 1 saturated heterocycles. The van der Waals surface area contributed by atoms with Crippen molar-refractivity contribution in [2.45, 2.75) is 32.2 Å². The molecule has 0 amide bonds. The fraction of sp³-hybridized carbons (Fsp3) is 0.846. The maximum atomic E-state index is 3.73. The van der Waals surface area contributed by atoms with Gasteiger partial charge in [-0.05, 0) is 38.9 Å². The number of nitrogens with one attached hydrogen (secondary N) is 1. The Morgan fingerprint density at radius 2 is 2.31 bits per heavy atom. The van der Waals surface area contributed by atoms with E-state index >= 15 is 0 Å². The zero-order chi connectivity index (χ0) is 11.6. The van der Waals surface area contributed by atoms with Gasteiger partial charge in [0.05, 0.1) is 0 Å². The van der Waals surface area contributed by atoms with E-state index in [1.165, 1.54) is 44.6 Å². The highest BCUT2D eigenvalue weighted by molar-refractivity contribution is 7.99. The molecule has 0 aromatic rings. The van der Waals surface area contributed by atoms with Crippen molar-refractivity contribution in [1.82, 2.24) is 10.2 Å². The number of hydrogen-bond donors (Lipinski definition) is 1. The lowest BCUT2D eigenvalue weighted by Crippen LogP contribution is -2.32. The van der Waals surface area contributed by atoms with E-state index in [0.717, 1.165) is 18.3 Å². The molecule has 0 aromatic heterocycles. The predicted octanol–water partition coefficient (Wildman–Crippen LogP) is 2.37. The van der Waals surface area contributed by atoms with Gasteiger partial charge in [-0.2, -0.15) is 11.8 Å². The zero-order valence-electron chi connectivity index (χ0n) is 10.6. The summed E-state index contributed by atoms with van der Waals surface area (Å²) in [5, 5.41) is 3.68. The SMILES string of the molecule is C=CCSCCNC1CCCN(CC)CC1. The number of thioether (sulfide) groups is 1. The molecule has 0 saturated carbocycles. The van der Waals surface area contributed by atoms with E-state index in [1.54, 1.807) is 0 Å². The van der Waals surface area contributed by atoms with Crippen molar-refractivity contribution in [3.05, 3.63) is 12.7 Å². The van der Waals surface area contributed by atoms with Crippen LogP contribution in [0.4, 0.5) is 0 Å². The molecule has 1 atom stereocenters. The Balaban J connectivity index is 2.05. The van der Waals surface area contributed by atoms with Crippen LogP contribution in [0.2, 0.25) is 0 Å². The Labute approximate surface area is 105 Å². The lowest BCUT2D eigenvalue weighted by molar-refractivity contribution is 0.297. The van der Waals surface area contributed by atoms with Crippen molar-refractivity contribution in [2.75, 3.05) is 37.7 Å². The van der Waals surface area contributed by atoms with Crippen LogP contribution >= 0.6 is 11.8 Å². The lowest BCUT2D eigenvalue weighted by atomic mass is 10.1. The van der Waals surface area contributed by atoms with E-state index in [1.807, 2.05) is 17.8 Å². The van der Waals surface area contributed by atoms with E-state index in [4.69, 9.17) is 0 Å². The first-order chi connectivity index (χ1) is 7.86. The molecule has 2 nitrogen and oxygen atoms in total. The second-order valence-corrected chi connectivity index (χ2v) is 5.53. The number of rotatable bonds is 7. The van der Waals surface area contributed by atoms with E-state index in [9.17, 15) is 0 Å². The molecule has 1 rings (SSSR count). The van der Waals surface area contributed by atoms with E-state index < -0.39 is 0 Å². The second-order valence-electron chi connectivity index (χ2n) is 4.38. The molecule has 1 N–H and O–H groups in total. The van der Waals surface area contributed by atoms with E-state index in [0.29, 0.717) is 0 Å². The molecule has 16 heavy (non-hydrogen) atoms. The van der Waals surface area contributed by atoms with Gasteiger partial charge in [0.1, 0.15) is 0 Å². The highest BCUT2D eigenvalue weighted by atomic mass is 32.2. The minimum absolute atomic E-state index is 0.751. The first-order valence-corrected chi connectivity index (χ1v) is 7.66. The second kappa shape index (κ2) is 9.08. The van der Waals surface area contributed by atoms with Crippen molar-refractivity contribution in [3.63, 3.8) is 0 Å². The molecule has 0 bridgehead atoms. The van der Waals surface area contributed by atoms with Gasteiger partial charge in [0.25, 0.3) is 0 Å². The summed E-state index contributed by atoms with van der Waals surface area (Å²) in [4.78, 5) is 2.56. The monoisotopic (exact) mass is 242 g/mol. The van der Waals surface area contributed by atoms with Crippen LogP contribution in [-0.4, -0.2) is 48.6 Å². The molecule has 1 heterocycles. The standard InChI is InChI=1S/C13H26N2S/c1-3-11-16-12-8-14-13-6-5-9-15(4-2)10-7-13/h3,13-14H,1,4-12H2,2H3. The Morgan fingerprint density at radius 1 is 1.44 bits per heavy atom. The summed E-state index contributed by atoms with van der Waals surface area (Å²) in [5.74, 6) is 2.29. The molecule has 0 radical (unpaired) electrons. The van der Waals surface area contributed by atoms with Gasteiger partial charge < -0.3 is 10.2 Å². The lowest BCUT2D eigenvalue weighted by Gasteiger charge is -2.18. The van der Waals surface area contributed by atoms with Gasteiger partial charge in [0, 0.05) is 24.1 Å². The minimum atomic E-state index is 0.751. The third kappa shape index (κ3) is 5.92. The van der Waals surface area contributed by atoms with Gasteiger partial charge in [0.15, 0.2) is 0 Å². The number of likely N-dealkylation sites (tertiary alicyclic amines) is 1. The van der Waals surface area contributed by atoms with Crippen LogP contribution in [0.15, 0.2) is 12.7 Å². The summed E-state index contributed by atoms with van der Waals surface area (Å²) in [5.41, 5.74) is 0. The topological polar surface area (TPSA) is 15.3 Å². The van der Waals surface area contributed by atoms with E-state index in [2.05, 4.69) is 23.7 Å². The van der Waals surface area contributed by atoms with Gasteiger partial charge in [0.2, 0.25) is 0 Å². The molecule has 0 aromatic carbocycles. The van der Waals surface area contributed by atoms with Gasteiger partial charge in [-0.1, -0.05) is 13.0 Å². The number of hydrogen-bond acceptors (Lipinski definition) is 3. The van der Waals surface area contributed by atoms with Crippen molar-refractivity contribution in [3.8, 4) is 0 Å². The van der Waals surface area contributed by atoms with Crippen LogP contribution in [0.25, 0.3) is 0 Å². The molecule has 1 fully saturated rings. The zero-order valence-corrected chi connectivity index (χ0v) is 11.4. The van der Waals surface area contributed by atoms with Crippen LogP contribution < -0.4 is 5.32 Å². The molecule has 0 aliphatic carbocycles. The van der Waals surface area contributed by atoms with Crippen LogP contribution in [0.3, 0.4) is 0 Å². The Bertz CT molecular complexity index is 185. The molecule has 1 aliphatic rings. The largest absolute Gasteiger partial charge is 0.313 e. The Kier molecular flexibility index (Phi) is 7.99. The van der Waals surface area contributed by atoms with Crippen molar-refractivity contribution < 1.29 is 0 Å². The van der Waals surface area contributed by atoms with Crippen molar-refractivity contribution in [2.24, 2.45) is 0 Å². The van der Waals surface area contributed by atoms with Gasteiger partial charge in [-0.3, -0.25) is 0 Å². The maximum absolute atomic E-state index is 3.73. The average Bonchev–Trinajstić information content (AvgIpc) is 2.54. The van der Waals surface area contributed by atoms with Gasteiger partial charge >= 0.3 is 0 Å². The molecular formula is C13H26N2S. The van der Waals surface area contributed by atoms with Gasteiger partial charge in [-0.25, -0.2) is 0 Å². The Morgan fingerprint density at radius 3 is 3.06 bits per heavy atom. The Hall–Kier alpha value is 0.01000. The molecule has 1 aliphatic heterocycles. The van der Waals surface area contributed by atoms with Crippen LogP contribution in [-0.2, 0) is 0 Å². The normalized spacial score (nSPS) is 22.9. The molecule has 3 heteroatoms. The fourth-order valence-electron chi connectivity index (χ4n) is 2.18. The average molecular weight is 242 g/mol. The summed E-state index contributed by atoms with van der Waals surface area (Å²) >= 11 is 1.96. The summed E-state index contributed by atoms with van der Waals surface area (Å²) in [6, 6.07) is 0.751. The van der Waals surface area contributed by atoms with Crippen molar-refractivity contribution >= 4 is 11.8 Å². The van der Waals surface area contributed by atoms with Crippen LogP contribution in [0, 0.1) is 0 Å². The number of nitrogens with zero attached hydrogens (tertiary/aromatic N) is 1. The summed E-state index contributed by atoms with van der Waals surface area (Å²) in [6.07, 6.45) is 6.00. The smallest absolute Gasteiger partial charge is 0.0111 e. The highest BCUT2D eigenvalue weighted by Crippen LogP contribution is 2.10. The molecule has 1 unspecified atom stereocenters. The van der Waals surface area contributed by atoms with Crippen LogP contribution in [0.5, 0.6) is 0 Å². The van der Waals surface area contributed by atoms with Crippen LogP contribution in [0.1, 0.15) is 26.2 Å². The van der Waals surface area contributed by atoms with E-state index in [-0.39, 0.29) is 0 Å².